The summed E-state index contributed by atoms with van der Waals surface area (Å²) in [7, 11) is 1.50. The van der Waals surface area contributed by atoms with E-state index in [1.165, 1.54) is 12.0 Å². The first kappa shape index (κ1) is 19.8. The monoisotopic (exact) mass is 404 g/mol. The van der Waals surface area contributed by atoms with Crippen molar-refractivity contribution in [2.45, 2.75) is 32.4 Å². The standard InChI is InChI=1S/C19H21ClN4O4/c1-10(17(25)22-11-5-6-13(27-4)12(20)9-11)24-16-14(7-8-15(21)23-16)28-19(2,3)18(24)26/h5-10H,1-4H3,(H2,21,23)(H,22,25). The van der Waals surface area contributed by atoms with E-state index in [2.05, 4.69) is 10.3 Å². The van der Waals surface area contributed by atoms with Gasteiger partial charge in [0.25, 0.3) is 5.91 Å². The van der Waals surface area contributed by atoms with Crippen molar-refractivity contribution in [1.29, 1.82) is 0 Å². The van der Waals surface area contributed by atoms with Crippen LogP contribution in [-0.4, -0.2) is 35.6 Å². The Balaban J connectivity index is 1.91. The van der Waals surface area contributed by atoms with Crippen molar-refractivity contribution in [3.8, 4) is 11.5 Å². The summed E-state index contributed by atoms with van der Waals surface area (Å²) in [5.74, 6) is 0.488. The maximum atomic E-state index is 13.0. The number of rotatable bonds is 4. The predicted octanol–water partition coefficient (Wildman–Crippen LogP) is 2.86. The highest BCUT2D eigenvalue weighted by atomic mass is 35.5. The van der Waals surface area contributed by atoms with Crippen LogP contribution in [0.4, 0.5) is 17.3 Å². The molecule has 0 bridgehead atoms. The highest BCUT2D eigenvalue weighted by Crippen LogP contribution is 2.38. The van der Waals surface area contributed by atoms with Crippen molar-refractivity contribution in [2.75, 3.05) is 23.1 Å². The Bertz CT molecular complexity index is 948. The number of hydrogen-bond donors (Lipinski definition) is 2. The number of nitrogens with two attached hydrogens (primary N) is 1. The van der Waals surface area contributed by atoms with Gasteiger partial charge in [0, 0.05) is 5.69 Å². The number of nitrogens with zero attached hydrogens (tertiary/aromatic N) is 2. The first-order valence-electron chi connectivity index (χ1n) is 8.57. The average Bonchev–Trinajstić information content (AvgIpc) is 2.63. The van der Waals surface area contributed by atoms with E-state index in [-0.39, 0.29) is 11.6 Å². The van der Waals surface area contributed by atoms with E-state index in [9.17, 15) is 9.59 Å². The smallest absolute Gasteiger partial charge is 0.272 e. The molecule has 0 aliphatic carbocycles. The quantitative estimate of drug-likeness (QED) is 0.811. The van der Waals surface area contributed by atoms with Gasteiger partial charge in [-0.05, 0) is 51.1 Å². The molecule has 1 atom stereocenters. The summed E-state index contributed by atoms with van der Waals surface area (Å²) in [5.41, 5.74) is 5.09. The molecule has 3 rings (SSSR count). The summed E-state index contributed by atoms with van der Waals surface area (Å²) in [6, 6.07) is 7.21. The van der Waals surface area contributed by atoms with E-state index in [4.69, 9.17) is 26.8 Å². The Morgan fingerprint density at radius 3 is 2.71 bits per heavy atom. The minimum atomic E-state index is -1.15. The second-order valence-electron chi connectivity index (χ2n) is 6.86. The number of pyridine rings is 1. The molecule has 1 aliphatic heterocycles. The molecule has 148 valence electrons. The van der Waals surface area contributed by atoms with E-state index in [0.717, 1.165) is 0 Å². The van der Waals surface area contributed by atoms with E-state index >= 15 is 0 Å². The van der Waals surface area contributed by atoms with Gasteiger partial charge >= 0.3 is 0 Å². The third-order valence-corrected chi connectivity index (χ3v) is 4.67. The summed E-state index contributed by atoms with van der Waals surface area (Å²) in [6.07, 6.45) is 0. The van der Waals surface area contributed by atoms with Gasteiger partial charge in [0.05, 0.1) is 12.1 Å². The maximum Gasteiger partial charge on any atom is 0.272 e. The summed E-state index contributed by atoms with van der Waals surface area (Å²) >= 11 is 6.10. The Morgan fingerprint density at radius 1 is 1.36 bits per heavy atom. The molecule has 9 heteroatoms. The van der Waals surface area contributed by atoms with Gasteiger partial charge in [0.1, 0.15) is 17.6 Å². The second-order valence-corrected chi connectivity index (χ2v) is 7.27. The van der Waals surface area contributed by atoms with E-state index < -0.39 is 23.5 Å². The molecule has 0 spiro atoms. The zero-order valence-electron chi connectivity index (χ0n) is 15.9. The lowest BCUT2D eigenvalue weighted by Gasteiger charge is -2.40. The van der Waals surface area contributed by atoms with Crippen LogP contribution in [0.15, 0.2) is 30.3 Å². The Hall–Kier alpha value is -3.00. The summed E-state index contributed by atoms with van der Waals surface area (Å²) in [5, 5.41) is 3.11. The van der Waals surface area contributed by atoms with Crippen molar-refractivity contribution in [1.82, 2.24) is 4.98 Å². The number of ether oxygens (including phenoxy) is 2. The summed E-state index contributed by atoms with van der Waals surface area (Å²) in [6.45, 7) is 4.87. The molecular formula is C19H21ClN4O4. The first-order chi connectivity index (χ1) is 13.1. The van der Waals surface area contributed by atoms with Crippen LogP contribution in [0.5, 0.6) is 11.5 Å². The Kier molecular flexibility index (Phi) is 5.08. The normalized spacial score (nSPS) is 16.0. The number of nitrogens with one attached hydrogen (secondary N) is 1. The van der Waals surface area contributed by atoms with Crippen LogP contribution in [0.25, 0.3) is 0 Å². The number of carbonyl (C=O) groups excluding carboxylic acids is 2. The summed E-state index contributed by atoms with van der Waals surface area (Å²) in [4.78, 5) is 31.3. The lowest BCUT2D eigenvalue weighted by molar-refractivity contribution is -0.134. The van der Waals surface area contributed by atoms with Crippen molar-refractivity contribution >= 4 is 40.7 Å². The lowest BCUT2D eigenvalue weighted by atomic mass is 10.0. The molecule has 28 heavy (non-hydrogen) atoms. The molecule has 0 saturated carbocycles. The summed E-state index contributed by atoms with van der Waals surface area (Å²) < 4.78 is 10.8. The van der Waals surface area contributed by atoms with Gasteiger partial charge in [0.2, 0.25) is 5.91 Å². The van der Waals surface area contributed by atoms with Crippen molar-refractivity contribution < 1.29 is 19.1 Å². The number of methoxy groups -OCH3 is 1. The fourth-order valence-corrected chi connectivity index (χ4v) is 3.13. The van der Waals surface area contributed by atoms with Crippen molar-refractivity contribution in [2.24, 2.45) is 0 Å². The van der Waals surface area contributed by atoms with Crippen LogP contribution in [0.3, 0.4) is 0 Å². The number of benzene rings is 1. The molecule has 3 N–H and O–H groups in total. The number of amides is 2. The third-order valence-electron chi connectivity index (χ3n) is 4.37. The SMILES string of the molecule is COc1ccc(NC(=O)C(C)N2C(=O)C(C)(C)Oc3ccc(N)nc32)cc1Cl. The molecule has 2 amide bonds. The minimum Gasteiger partial charge on any atom is -0.495 e. The zero-order chi connectivity index (χ0) is 20.6. The first-order valence-corrected chi connectivity index (χ1v) is 8.95. The number of carbonyl (C=O) groups is 2. The molecule has 8 nitrogen and oxygen atoms in total. The minimum absolute atomic E-state index is 0.208. The average molecular weight is 405 g/mol. The van der Waals surface area contributed by atoms with Crippen LogP contribution in [0.1, 0.15) is 20.8 Å². The number of fused-ring (bicyclic) bond motifs is 1. The van der Waals surface area contributed by atoms with Gasteiger partial charge in [-0.3, -0.25) is 14.5 Å². The molecule has 1 unspecified atom stereocenters. The van der Waals surface area contributed by atoms with Crippen LogP contribution in [0.2, 0.25) is 5.02 Å². The van der Waals surface area contributed by atoms with Gasteiger partial charge in [-0.1, -0.05) is 11.6 Å². The molecule has 1 aromatic heterocycles. The molecule has 1 aliphatic rings. The molecule has 0 fully saturated rings. The van der Waals surface area contributed by atoms with Crippen LogP contribution >= 0.6 is 11.6 Å². The number of halogens is 1. The number of hydrogen-bond acceptors (Lipinski definition) is 6. The fourth-order valence-electron chi connectivity index (χ4n) is 2.87. The van der Waals surface area contributed by atoms with Gasteiger partial charge < -0.3 is 20.5 Å². The highest BCUT2D eigenvalue weighted by Gasteiger charge is 2.45. The third kappa shape index (κ3) is 3.55. The molecular weight excluding hydrogens is 384 g/mol. The van der Waals surface area contributed by atoms with Crippen molar-refractivity contribution in [3.63, 3.8) is 0 Å². The molecule has 1 aromatic carbocycles. The van der Waals surface area contributed by atoms with Gasteiger partial charge in [0.15, 0.2) is 17.2 Å². The highest BCUT2D eigenvalue weighted by molar-refractivity contribution is 6.32. The van der Waals surface area contributed by atoms with Crippen molar-refractivity contribution in [3.05, 3.63) is 35.4 Å². The Morgan fingerprint density at radius 2 is 2.07 bits per heavy atom. The molecule has 2 aromatic rings. The van der Waals surface area contributed by atoms with Crippen LogP contribution in [-0.2, 0) is 9.59 Å². The predicted molar refractivity (Wildman–Crippen MR) is 107 cm³/mol. The number of aromatic nitrogens is 1. The van der Waals surface area contributed by atoms with Gasteiger partial charge in [-0.25, -0.2) is 4.98 Å². The zero-order valence-corrected chi connectivity index (χ0v) is 16.7. The topological polar surface area (TPSA) is 107 Å². The maximum absolute atomic E-state index is 13.0. The lowest BCUT2D eigenvalue weighted by Crippen LogP contribution is -2.58. The Labute approximate surface area is 167 Å². The number of nitrogen functional groups attached to an aromatic ring is 1. The van der Waals surface area contributed by atoms with Crippen LogP contribution in [0, 0.1) is 0 Å². The van der Waals surface area contributed by atoms with E-state index in [1.54, 1.807) is 51.1 Å². The fraction of sp³-hybridized carbons (Fsp3) is 0.316. The van der Waals surface area contributed by atoms with E-state index in [0.29, 0.717) is 22.2 Å². The molecule has 0 saturated heterocycles. The molecule has 2 heterocycles. The molecule has 0 radical (unpaired) electrons. The van der Waals surface area contributed by atoms with Gasteiger partial charge in [-0.15, -0.1) is 0 Å². The van der Waals surface area contributed by atoms with Crippen LogP contribution < -0.4 is 25.4 Å². The van der Waals surface area contributed by atoms with E-state index in [1.807, 2.05) is 0 Å². The number of anilines is 3. The second kappa shape index (κ2) is 7.20. The largest absolute Gasteiger partial charge is 0.495 e. The van der Waals surface area contributed by atoms with Gasteiger partial charge in [-0.2, -0.15) is 0 Å².